The lowest BCUT2D eigenvalue weighted by Crippen LogP contribution is -2.04. The Morgan fingerprint density at radius 3 is 2.75 bits per heavy atom. The average Bonchev–Trinajstić information content (AvgIpc) is 2.72. The van der Waals surface area contributed by atoms with E-state index in [-0.39, 0.29) is 0 Å². The standard InChI is InChI=1S/C10H11Br2N3S/c1-6(2)4-15-5-13-14-10(15)7-3-8(11)16-9(7)12/h3,5-6H,4H2,1-2H3. The van der Waals surface area contributed by atoms with E-state index in [0.29, 0.717) is 5.92 Å². The molecule has 16 heavy (non-hydrogen) atoms. The fourth-order valence-corrected chi connectivity index (χ4v) is 4.27. The molecule has 0 bridgehead atoms. The maximum absolute atomic E-state index is 4.18. The highest BCUT2D eigenvalue weighted by Gasteiger charge is 2.14. The SMILES string of the molecule is CC(C)Cn1cnnc1-c1cc(Br)sc1Br. The van der Waals surface area contributed by atoms with Gasteiger partial charge in [-0.15, -0.1) is 21.5 Å². The first-order valence-electron chi connectivity index (χ1n) is 4.91. The van der Waals surface area contributed by atoms with Gasteiger partial charge in [0.15, 0.2) is 5.82 Å². The number of rotatable bonds is 3. The van der Waals surface area contributed by atoms with Crippen molar-refractivity contribution >= 4 is 43.2 Å². The van der Waals surface area contributed by atoms with Crippen molar-refractivity contribution < 1.29 is 0 Å². The molecule has 0 spiro atoms. The molecule has 0 aliphatic heterocycles. The summed E-state index contributed by atoms with van der Waals surface area (Å²) in [6, 6.07) is 2.07. The second-order valence-corrected chi connectivity index (χ2v) is 7.69. The smallest absolute Gasteiger partial charge is 0.165 e. The minimum absolute atomic E-state index is 0.579. The van der Waals surface area contributed by atoms with Gasteiger partial charge < -0.3 is 4.57 Å². The highest BCUT2D eigenvalue weighted by molar-refractivity contribution is 9.12. The molecule has 2 rings (SSSR count). The van der Waals surface area contributed by atoms with Gasteiger partial charge in [-0.2, -0.15) is 0 Å². The molecule has 0 N–H and O–H groups in total. The number of hydrogen-bond acceptors (Lipinski definition) is 3. The first-order chi connectivity index (χ1) is 7.58. The van der Waals surface area contributed by atoms with Gasteiger partial charge in [-0.05, 0) is 43.8 Å². The third-order valence-electron chi connectivity index (χ3n) is 2.07. The zero-order chi connectivity index (χ0) is 11.7. The molecule has 0 amide bonds. The lowest BCUT2D eigenvalue weighted by atomic mass is 10.2. The van der Waals surface area contributed by atoms with Crippen LogP contribution in [0.1, 0.15) is 13.8 Å². The maximum Gasteiger partial charge on any atom is 0.165 e. The van der Waals surface area contributed by atoms with E-state index in [1.807, 2.05) is 0 Å². The van der Waals surface area contributed by atoms with Crippen LogP contribution in [0.3, 0.4) is 0 Å². The van der Waals surface area contributed by atoms with Gasteiger partial charge in [0.25, 0.3) is 0 Å². The Labute approximate surface area is 115 Å². The summed E-state index contributed by atoms with van der Waals surface area (Å²) in [5, 5.41) is 8.17. The molecule has 0 saturated carbocycles. The molecule has 2 heterocycles. The quantitative estimate of drug-likeness (QED) is 0.817. The van der Waals surface area contributed by atoms with Crippen LogP contribution in [0.2, 0.25) is 0 Å². The summed E-state index contributed by atoms with van der Waals surface area (Å²) in [7, 11) is 0. The van der Waals surface area contributed by atoms with Crippen LogP contribution in [-0.4, -0.2) is 14.8 Å². The Hall–Kier alpha value is -0.200. The third kappa shape index (κ3) is 2.55. The monoisotopic (exact) mass is 363 g/mol. The summed E-state index contributed by atoms with van der Waals surface area (Å²) in [4.78, 5) is 0. The lowest BCUT2D eigenvalue weighted by Gasteiger charge is -2.08. The highest BCUT2D eigenvalue weighted by Crippen LogP contribution is 2.37. The molecule has 0 aromatic carbocycles. The van der Waals surface area contributed by atoms with Gasteiger partial charge in [0.2, 0.25) is 0 Å². The topological polar surface area (TPSA) is 30.7 Å². The molecule has 86 valence electrons. The van der Waals surface area contributed by atoms with Crippen LogP contribution in [0.5, 0.6) is 0 Å². The molecule has 0 atom stereocenters. The van der Waals surface area contributed by atoms with Crippen molar-refractivity contribution in [2.75, 3.05) is 0 Å². The second kappa shape index (κ2) is 4.98. The fourth-order valence-electron chi connectivity index (χ4n) is 1.48. The highest BCUT2D eigenvalue weighted by atomic mass is 79.9. The fraction of sp³-hybridized carbons (Fsp3) is 0.400. The van der Waals surface area contributed by atoms with Gasteiger partial charge >= 0.3 is 0 Å². The predicted molar refractivity (Wildman–Crippen MR) is 73.6 cm³/mol. The van der Waals surface area contributed by atoms with E-state index >= 15 is 0 Å². The van der Waals surface area contributed by atoms with E-state index in [1.54, 1.807) is 17.7 Å². The molecule has 0 aliphatic rings. The molecule has 0 radical (unpaired) electrons. The lowest BCUT2D eigenvalue weighted by molar-refractivity contribution is 0.525. The normalized spacial score (nSPS) is 11.3. The van der Waals surface area contributed by atoms with E-state index in [4.69, 9.17) is 0 Å². The molecule has 0 aliphatic carbocycles. The maximum atomic E-state index is 4.18. The van der Waals surface area contributed by atoms with Crippen molar-refractivity contribution in [3.8, 4) is 11.4 Å². The van der Waals surface area contributed by atoms with E-state index in [1.165, 1.54) is 0 Å². The van der Waals surface area contributed by atoms with Crippen molar-refractivity contribution in [2.24, 2.45) is 5.92 Å². The Morgan fingerprint density at radius 1 is 1.44 bits per heavy atom. The van der Waals surface area contributed by atoms with Crippen LogP contribution in [0.4, 0.5) is 0 Å². The largest absolute Gasteiger partial charge is 0.313 e. The Bertz CT molecular complexity index is 490. The second-order valence-electron chi connectivity index (χ2n) is 3.94. The van der Waals surface area contributed by atoms with Crippen LogP contribution >= 0.6 is 43.2 Å². The molecule has 2 aromatic rings. The van der Waals surface area contributed by atoms with Crippen molar-refractivity contribution in [3.63, 3.8) is 0 Å². The molecule has 0 saturated heterocycles. The van der Waals surface area contributed by atoms with Crippen molar-refractivity contribution in [2.45, 2.75) is 20.4 Å². The summed E-state index contributed by atoms with van der Waals surface area (Å²) >= 11 is 8.67. The van der Waals surface area contributed by atoms with E-state index < -0.39 is 0 Å². The average molecular weight is 365 g/mol. The number of halogens is 2. The van der Waals surface area contributed by atoms with Gasteiger partial charge in [-0.3, -0.25) is 0 Å². The first kappa shape index (κ1) is 12.3. The van der Waals surface area contributed by atoms with E-state index in [9.17, 15) is 0 Å². The molecule has 6 heteroatoms. The van der Waals surface area contributed by atoms with Gasteiger partial charge in [-0.1, -0.05) is 13.8 Å². The van der Waals surface area contributed by atoms with Crippen molar-refractivity contribution in [3.05, 3.63) is 20.0 Å². The zero-order valence-electron chi connectivity index (χ0n) is 8.94. The Balaban J connectivity index is 2.40. The van der Waals surface area contributed by atoms with Gasteiger partial charge in [0.05, 0.1) is 7.57 Å². The molecule has 0 fully saturated rings. The van der Waals surface area contributed by atoms with Crippen molar-refractivity contribution in [1.82, 2.24) is 14.8 Å². The van der Waals surface area contributed by atoms with Crippen LogP contribution in [0, 0.1) is 5.92 Å². The van der Waals surface area contributed by atoms with E-state index in [0.717, 1.165) is 25.5 Å². The molecule has 2 aromatic heterocycles. The summed E-state index contributed by atoms with van der Waals surface area (Å²) in [6.07, 6.45) is 1.79. The van der Waals surface area contributed by atoms with Crippen LogP contribution in [0.15, 0.2) is 20.0 Å². The van der Waals surface area contributed by atoms with Gasteiger partial charge in [-0.25, -0.2) is 0 Å². The van der Waals surface area contributed by atoms with Gasteiger partial charge in [0.1, 0.15) is 6.33 Å². The molecule has 3 nitrogen and oxygen atoms in total. The van der Waals surface area contributed by atoms with Crippen LogP contribution < -0.4 is 0 Å². The molecular formula is C10H11Br2N3S. The van der Waals surface area contributed by atoms with E-state index in [2.05, 4.69) is 66.5 Å². The number of thiophene rings is 1. The predicted octanol–water partition coefficient (Wildman–Crippen LogP) is 4.19. The number of nitrogens with zero attached hydrogens (tertiary/aromatic N) is 3. The summed E-state index contributed by atoms with van der Waals surface area (Å²) in [5.74, 6) is 1.50. The van der Waals surface area contributed by atoms with Crippen LogP contribution in [0.25, 0.3) is 11.4 Å². The number of aromatic nitrogens is 3. The summed E-state index contributed by atoms with van der Waals surface area (Å²) in [5.41, 5.74) is 1.09. The summed E-state index contributed by atoms with van der Waals surface area (Å²) < 4.78 is 4.26. The summed E-state index contributed by atoms with van der Waals surface area (Å²) in [6.45, 7) is 5.30. The van der Waals surface area contributed by atoms with Crippen molar-refractivity contribution in [1.29, 1.82) is 0 Å². The Kier molecular flexibility index (Phi) is 3.81. The zero-order valence-corrected chi connectivity index (χ0v) is 12.9. The third-order valence-corrected chi connectivity index (χ3v) is 4.41. The molecular weight excluding hydrogens is 354 g/mol. The number of hydrogen-bond donors (Lipinski definition) is 0. The minimum Gasteiger partial charge on any atom is -0.313 e. The molecule has 0 unspecified atom stereocenters. The van der Waals surface area contributed by atoms with Crippen LogP contribution in [-0.2, 0) is 6.54 Å². The minimum atomic E-state index is 0.579. The van der Waals surface area contributed by atoms with Gasteiger partial charge in [0, 0.05) is 12.1 Å². The first-order valence-corrected chi connectivity index (χ1v) is 7.31. The Morgan fingerprint density at radius 2 is 2.19 bits per heavy atom.